The van der Waals surface area contributed by atoms with Crippen molar-refractivity contribution in [2.75, 3.05) is 13.1 Å². The van der Waals surface area contributed by atoms with Crippen LogP contribution < -0.4 is 4.74 Å². The topological polar surface area (TPSA) is 42.4 Å². The van der Waals surface area contributed by atoms with Gasteiger partial charge in [-0.25, -0.2) is 4.98 Å². The fourth-order valence-corrected chi connectivity index (χ4v) is 2.80. The Morgan fingerprint density at radius 1 is 1.26 bits per heavy atom. The van der Waals surface area contributed by atoms with Crippen molar-refractivity contribution in [3.63, 3.8) is 0 Å². The minimum absolute atomic E-state index is 0.0471. The molecule has 1 fully saturated rings. The average molecular weight is 310 g/mol. The number of hydrogen-bond donors (Lipinski definition) is 0. The quantitative estimate of drug-likeness (QED) is 0.852. The molecule has 1 aliphatic rings. The third kappa shape index (κ3) is 4.31. The number of rotatable bonds is 5. The molecule has 23 heavy (non-hydrogen) atoms. The summed E-state index contributed by atoms with van der Waals surface area (Å²) in [5, 5.41) is 0. The smallest absolute Gasteiger partial charge is 0.223 e. The van der Waals surface area contributed by atoms with Gasteiger partial charge in [0.15, 0.2) is 0 Å². The Kier molecular flexibility index (Phi) is 4.91. The second-order valence-electron chi connectivity index (χ2n) is 6.03. The van der Waals surface area contributed by atoms with E-state index in [1.165, 1.54) is 5.56 Å². The second kappa shape index (κ2) is 7.27. The maximum Gasteiger partial charge on any atom is 0.223 e. The number of aromatic nitrogens is 1. The Labute approximate surface area is 137 Å². The lowest BCUT2D eigenvalue weighted by Crippen LogP contribution is -2.31. The molecule has 0 N–H and O–H groups in total. The SMILES string of the molecule is Cc1ccc(O[C@H]2CCN(C(=O)CCc3ccccc3)C2)nc1. The molecule has 1 aromatic heterocycles. The summed E-state index contributed by atoms with van der Waals surface area (Å²) < 4.78 is 5.87. The van der Waals surface area contributed by atoms with Gasteiger partial charge < -0.3 is 9.64 Å². The van der Waals surface area contributed by atoms with Crippen LogP contribution in [0.25, 0.3) is 0 Å². The van der Waals surface area contributed by atoms with Crippen molar-refractivity contribution in [1.29, 1.82) is 0 Å². The van der Waals surface area contributed by atoms with Crippen molar-refractivity contribution in [3.05, 3.63) is 59.8 Å². The molecule has 2 aromatic rings. The standard InChI is InChI=1S/C19H22N2O2/c1-15-7-9-18(20-13-15)23-17-11-12-21(14-17)19(22)10-8-16-5-3-2-4-6-16/h2-7,9,13,17H,8,10-12,14H2,1H3/t17-/m0/s1. The molecule has 0 spiro atoms. The van der Waals surface area contributed by atoms with Gasteiger partial charge in [0.2, 0.25) is 11.8 Å². The van der Waals surface area contributed by atoms with Crippen LogP contribution >= 0.6 is 0 Å². The van der Waals surface area contributed by atoms with Crippen molar-refractivity contribution in [2.24, 2.45) is 0 Å². The van der Waals surface area contributed by atoms with Gasteiger partial charge in [-0.15, -0.1) is 0 Å². The number of likely N-dealkylation sites (tertiary alicyclic amines) is 1. The summed E-state index contributed by atoms with van der Waals surface area (Å²) in [6, 6.07) is 14.0. The van der Waals surface area contributed by atoms with Gasteiger partial charge in [0, 0.05) is 31.6 Å². The molecule has 0 saturated carbocycles. The van der Waals surface area contributed by atoms with E-state index in [1.807, 2.05) is 42.2 Å². The normalized spacial score (nSPS) is 17.3. The zero-order valence-corrected chi connectivity index (χ0v) is 13.4. The van der Waals surface area contributed by atoms with Crippen molar-refractivity contribution in [3.8, 4) is 5.88 Å². The Morgan fingerprint density at radius 3 is 2.83 bits per heavy atom. The molecule has 1 amide bonds. The van der Waals surface area contributed by atoms with Crippen LogP contribution in [-0.2, 0) is 11.2 Å². The second-order valence-corrected chi connectivity index (χ2v) is 6.03. The zero-order chi connectivity index (χ0) is 16.1. The van der Waals surface area contributed by atoms with Gasteiger partial charge in [0.05, 0.1) is 6.54 Å². The molecule has 4 nitrogen and oxygen atoms in total. The molecule has 0 aliphatic carbocycles. The van der Waals surface area contributed by atoms with Gasteiger partial charge >= 0.3 is 0 Å². The van der Waals surface area contributed by atoms with E-state index < -0.39 is 0 Å². The highest BCUT2D eigenvalue weighted by Gasteiger charge is 2.27. The van der Waals surface area contributed by atoms with Crippen LogP contribution in [-0.4, -0.2) is 35.0 Å². The van der Waals surface area contributed by atoms with Gasteiger partial charge in [-0.2, -0.15) is 0 Å². The largest absolute Gasteiger partial charge is 0.472 e. The van der Waals surface area contributed by atoms with Crippen LogP contribution in [0.4, 0.5) is 0 Å². The number of carbonyl (C=O) groups excluding carboxylic acids is 1. The van der Waals surface area contributed by atoms with E-state index in [1.54, 1.807) is 6.20 Å². The number of hydrogen-bond acceptors (Lipinski definition) is 3. The lowest BCUT2D eigenvalue weighted by atomic mass is 10.1. The van der Waals surface area contributed by atoms with Crippen molar-refractivity contribution in [2.45, 2.75) is 32.3 Å². The highest BCUT2D eigenvalue weighted by Crippen LogP contribution is 2.18. The zero-order valence-electron chi connectivity index (χ0n) is 13.4. The molecule has 1 atom stereocenters. The van der Waals surface area contributed by atoms with Gasteiger partial charge in [-0.3, -0.25) is 4.79 Å². The summed E-state index contributed by atoms with van der Waals surface area (Å²) in [6.07, 6.45) is 4.06. The maximum atomic E-state index is 12.3. The van der Waals surface area contributed by atoms with Crippen LogP contribution in [0.3, 0.4) is 0 Å². The van der Waals surface area contributed by atoms with Gasteiger partial charge in [0.1, 0.15) is 6.10 Å². The first-order valence-electron chi connectivity index (χ1n) is 8.12. The summed E-state index contributed by atoms with van der Waals surface area (Å²) in [5.41, 5.74) is 2.32. The summed E-state index contributed by atoms with van der Waals surface area (Å²) in [6.45, 7) is 3.42. The first kappa shape index (κ1) is 15.5. The van der Waals surface area contributed by atoms with Crippen LogP contribution in [0.1, 0.15) is 24.0 Å². The average Bonchev–Trinajstić information content (AvgIpc) is 3.04. The Bertz CT molecular complexity index is 640. The van der Waals surface area contributed by atoms with Crippen LogP contribution in [0.2, 0.25) is 0 Å². The molecule has 0 radical (unpaired) electrons. The number of pyridine rings is 1. The summed E-state index contributed by atoms with van der Waals surface area (Å²) in [5.74, 6) is 0.844. The first-order chi connectivity index (χ1) is 11.2. The number of amides is 1. The highest BCUT2D eigenvalue weighted by molar-refractivity contribution is 5.76. The predicted molar refractivity (Wildman–Crippen MR) is 89.4 cm³/mol. The molecule has 3 rings (SSSR count). The van der Waals surface area contributed by atoms with Crippen molar-refractivity contribution in [1.82, 2.24) is 9.88 Å². The van der Waals surface area contributed by atoms with E-state index >= 15 is 0 Å². The fourth-order valence-electron chi connectivity index (χ4n) is 2.80. The number of benzene rings is 1. The molecule has 0 unspecified atom stereocenters. The van der Waals surface area contributed by atoms with E-state index in [2.05, 4.69) is 17.1 Å². The Hall–Kier alpha value is -2.36. The lowest BCUT2D eigenvalue weighted by Gasteiger charge is -2.17. The molecule has 1 aromatic carbocycles. The molecule has 4 heteroatoms. The number of ether oxygens (including phenoxy) is 1. The molecule has 0 bridgehead atoms. The van der Waals surface area contributed by atoms with E-state index in [0.717, 1.165) is 24.9 Å². The fraction of sp³-hybridized carbons (Fsp3) is 0.368. The van der Waals surface area contributed by atoms with Gasteiger partial charge in [-0.05, 0) is 24.5 Å². The molecule has 1 saturated heterocycles. The molecule has 120 valence electrons. The lowest BCUT2D eigenvalue weighted by molar-refractivity contribution is -0.130. The van der Waals surface area contributed by atoms with Gasteiger partial charge in [-0.1, -0.05) is 36.4 Å². The number of carbonyl (C=O) groups is 1. The molecular formula is C19H22N2O2. The third-order valence-electron chi connectivity index (χ3n) is 4.14. The van der Waals surface area contributed by atoms with Crippen LogP contribution in [0, 0.1) is 6.92 Å². The van der Waals surface area contributed by atoms with Crippen molar-refractivity contribution >= 4 is 5.91 Å². The summed E-state index contributed by atoms with van der Waals surface area (Å²) in [7, 11) is 0. The first-order valence-corrected chi connectivity index (χ1v) is 8.12. The van der Waals surface area contributed by atoms with E-state index in [4.69, 9.17) is 4.74 Å². The highest BCUT2D eigenvalue weighted by atomic mass is 16.5. The Morgan fingerprint density at radius 2 is 2.09 bits per heavy atom. The number of aryl methyl sites for hydroxylation is 2. The molecule has 2 heterocycles. The van der Waals surface area contributed by atoms with E-state index in [-0.39, 0.29) is 12.0 Å². The minimum Gasteiger partial charge on any atom is -0.472 e. The summed E-state index contributed by atoms with van der Waals surface area (Å²) >= 11 is 0. The van der Waals surface area contributed by atoms with E-state index in [0.29, 0.717) is 18.8 Å². The summed E-state index contributed by atoms with van der Waals surface area (Å²) in [4.78, 5) is 18.5. The van der Waals surface area contributed by atoms with Crippen LogP contribution in [0.15, 0.2) is 48.7 Å². The molecule has 1 aliphatic heterocycles. The van der Waals surface area contributed by atoms with Gasteiger partial charge in [0.25, 0.3) is 0 Å². The maximum absolute atomic E-state index is 12.3. The minimum atomic E-state index is 0.0471. The van der Waals surface area contributed by atoms with E-state index in [9.17, 15) is 4.79 Å². The van der Waals surface area contributed by atoms with Crippen molar-refractivity contribution < 1.29 is 9.53 Å². The third-order valence-corrected chi connectivity index (χ3v) is 4.14. The molecular weight excluding hydrogens is 288 g/mol. The van der Waals surface area contributed by atoms with Crippen LogP contribution in [0.5, 0.6) is 5.88 Å². The Balaban J connectivity index is 1.47. The predicted octanol–water partition coefficient (Wildman–Crippen LogP) is 3.00. The number of nitrogens with zero attached hydrogens (tertiary/aromatic N) is 2. The monoisotopic (exact) mass is 310 g/mol.